The van der Waals surface area contributed by atoms with Crippen LogP contribution < -0.4 is 5.32 Å². The fraction of sp³-hybridized carbons (Fsp3) is 0.467. The Bertz CT molecular complexity index is 560. The van der Waals surface area contributed by atoms with Crippen LogP contribution >= 0.6 is 15.9 Å². The summed E-state index contributed by atoms with van der Waals surface area (Å²) in [7, 11) is 0. The van der Waals surface area contributed by atoms with E-state index in [1.54, 1.807) is 0 Å². The zero-order chi connectivity index (χ0) is 13.2. The van der Waals surface area contributed by atoms with E-state index in [0.29, 0.717) is 6.10 Å². The van der Waals surface area contributed by atoms with E-state index < -0.39 is 0 Å². The minimum atomic E-state index is 0.204. The lowest BCUT2D eigenvalue weighted by Gasteiger charge is -2.14. The SMILES string of the molecule is CC(NCC1CCCO1)c1cc2cc(Br)ccc2o1. The van der Waals surface area contributed by atoms with Crippen molar-refractivity contribution < 1.29 is 9.15 Å². The van der Waals surface area contributed by atoms with Crippen molar-refractivity contribution in [2.75, 3.05) is 13.2 Å². The number of benzene rings is 1. The molecule has 2 atom stereocenters. The Morgan fingerprint density at radius 1 is 1.42 bits per heavy atom. The zero-order valence-corrected chi connectivity index (χ0v) is 12.6. The van der Waals surface area contributed by atoms with E-state index in [0.717, 1.165) is 40.8 Å². The lowest BCUT2D eigenvalue weighted by molar-refractivity contribution is 0.107. The third-order valence-electron chi connectivity index (χ3n) is 3.60. The molecule has 2 aromatic rings. The summed E-state index contributed by atoms with van der Waals surface area (Å²) in [6.45, 7) is 3.92. The maximum atomic E-state index is 5.88. The Hall–Kier alpha value is -0.840. The summed E-state index contributed by atoms with van der Waals surface area (Å²) in [5, 5.41) is 4.62. The van der Waals surface area contributed by atoms with Gasteiger partial charge in [0.1, 0.15) is 11.3 Å². The Morgan fingerprint density at radius 2 is 2.32 bits per heavy atom. The molecule has 102 valence electrons. The fourth-order valence-corrected chi connectivity index (χ4v) is 2.84. The van der Waals surface area contributed by atoms with Gasteiger partial charge in [0.05, 0.1) is 12.1 Å². The van der Waals surface area contributed by atoms with Gasteiger partial charge in [0.2, 0.25) is 0 Å². The van der Waals surface area contributed by atoms with Gasteiger partial charge in [-0.05, 0) is 44.0 Å². The van der Waals surface area contributed by atoms with E-state index in [1.165, 1.54) is 6.42 Å². The molecule has 2 heterocycles. The van der Waals surface area contributed by atoms with Crippen LogP contribution in [0.5, 0.6) is 0 Å². The topological polar surface area (TPSA) is 34.4 Å². The molecule has 1 aromatic carbocycles. The Morgan fingerprint density at radius 3 is 3.11 bits per heavy atom. The largest absolute Gasteiger partial charge is 0.459 e. The first kappa shape index (κ1) is 13.2. The van der Waals surface area contributed by atoms with Crippen molar-refractivity contribution in [1.29, 1.82) is 0 Å². The van der Waals surface area contributed by atoms with Crippen LogP contribution in [0.3, 0.4) is 0 Å². The Kier molecular flexibility index (Phi) is 3.91. The molecule has 19 heavy (non-hydrogen) atoms. The van der Waals surface area contributed by atoms with Crippen LogP contribution in [0, 0.1) is 0 Å². The van der Waals surface area contributed by atoms with Crippen LogP contribution in [-0.2, 0) is 4.74 Å². The number of nitrogens with one attached hydrogen (secondary N) is 1. The number of hydrogen-bond acceptors (Lipinski definition) is 3. The van der Waals surface area contributed by atoms with Gasteiger partial charge in [0, 0.05) is 23.0 Å². The van der Waals surface area contributed by atoms with Crippen molar-refractivity contribution in [3.05, 3.63) is 34.5 Å². The maximum Gasteiger partial charge on any atom is 0.134 e. The lowest BCUT2D eigenvalue weighted by atomic mass is 10.2. The third-order valence-corrected chi connectivity index (χ3v) is 4.09. The van der Waals surface area contributed by atoms with Crippen LogP contribution in [-0.4, -0.2) is 19.3 Å². The molecule has 0 aliphatic carbocycles. The van der Waals surface area contributed by atoms with E-state index in [1.807, 2.05) is 12.1 Å². The first-order valence-electron chi connectivity index (χ1n) is 6.76. The molecule has 1 aliphatic rings. The minimum Gasteiger partial charge on any atom is -0.459 e. The summed E-state index contributed by atoms with van der Waals surface area (Å²) in [5.41, 5.74) is 0.934. The average Bonchev–Trinajstić information content (AvgIpc) is 3.04. The minimum absolute atomic E-state index is 0.204. The Labute approximate surface area is 121 Å². The van der Waals surface area contributed by atoms with Crippen LogP contribution in [0.4, 0.5) is 0 Å². The summed E-state index contributed by atoms with van der Waals surface area (Å²) < 4.78 is 12.6. The first-order valence-corrected chi connectivity index (χ1v) is 7.55. The zero-order valence-electron chi connectivity index (χ0n) is 11.0. The molecule has 1 aromatic heterocycles. The van der Waals surface area contributed by atoms with Crippen molar-refractivity contribution >= 4 is 26.9 Å². The van der Waals surface area contributed by atoms with Gasteiger partial charge >= 0.3 is 0 Å². The second kappa shape index (κ2) is 5.65. The van der Waals surface area contributed by atoms with Gasteiger partial charge in [-0.25, -0.2) is 0 Å². The van der Waals surface area contributed by atoms with E-state index in [9.17, 15) is 0 Å². The second-order valence-corrected chi connectivity index (χ2v) is 6.01. The summed E-state index contributed by atoms with van der Waals surface area (Å²) in [5.74, 6) is 0.978. The molecule has 0 bridgehead atoms. The number of fused-ring (bicyclic) bond motifs is 1. The molecule has 0 amide bonds. The molecule has 1 fully saturated rings. The molecule has 0 saturated carbocycles. The number of hydrogen-bond donors (Lipinski definition) is 1. The highest BCUT2D eigenvalue weighted by Crippen LogP contribution is 2.26. The summed E-state index contributed by atoms with van der Waals surface area (Å²) in [4.78, 5) is 0. The number of ether oxygens (including phenoxy) is 1. The molecule has 1 saturated heterocycles. The maximum absolute atomic E-state index is 5.88. The summed E-state index contributed by atoms with van der Waals surface area (Å²) >= 11 is 3.48. The number of rotatable bonds is 4. The van der Waals surface area contributed by atoms with Gasteiger partial charge in [0.25, 0.3) is 0 Å². The summed E-state index contributed by atoms with van der Waals surface area (Å²) in [6, 6.07) is 8.38. The molecule has 4 heteroatoms. The van der Waals surface area contributed by atoms with Crippen molar-refractivity contribution in [2.45, 2.75) is 31.9 Å². The van der Waals surface area contributed by atoms with Crippen LogP contribution in [0.25, 0.3) is 11.0 Å². The van der Waals surface area contributed by atoms with Crippen LogP contribution in [0.1, 0.15) is 31.6 Å². The van der Waals surface area contributed by atoms with Gasteiger partial charge in [-0.15, -0.1) is 0 Å². The van der Waals surface area contributed by atoms with Crippen molar-refractivity contribution in [2.24, 2.45) is 0 Å². The van der Waals surface area contributed by atoms with Crippen LogP contribution in [0.2, 0.25) is 0 Å². The lowest BCUT2D eigenvalue weighted by Crippen LogP contribution is -2.28. The molecule has 0 spiro atoms. The molecule has 2 unspecified atom stereocenters. The molecule has 1 aliphatic heterocycles. The molecule has 0 radical (unpaired) electrons. The highest BCUT2D eigenvalue weighted by Gasteiger charge is 2.18. The fourth-order valence-electron chi connectivity index (χ4n) is 2.46. The monoisotopic (exact) mass is 323 g/mol. The van der Waals surface area contributed by atoms with Gasteiger partial charge in [-0.3, -0.25) is 0 Å². The molecular formula is C15H18BrNO2. The predicted molar refractivity (Wildman–Crippen MR) is 79.3 cm³/mol. The van der Waals surface area contributed by atoms with Crippen molar-refractivity contribution in [1.82, 2.24) is 5.32 Å². The van der Waals surface area contributed by atoms with Gasteiger partial charge in [-0.2, -0.15) is 0 Å². The van der Waals surface area contributed by atoms with Crippen molar-refractivity contribution in [3.63, 3.8) is 0 Å². The Balaban J connectivity index is 1.68. The normalized spacial score (nSPS) is 21.1. The predicted octanol–water partition coefficient (Wildman–Crippen LogP) is 4.02. The van der Waals surface area contributed by atoms with E-state index in [-0.39, 0.29) is 6.04 Å². The van der Waals surface area contributed by atoms with Gasteiger partial charge in [0.15, 0.2) is 0 Å². The van der Waals surface area contributed by atoms with E-state index in [2.05, 4.69) is 40.3 Å². The molecular weight excluding hydrogens is 306 g/mol. The van der Waals surface area contributed by atoms with E-state index in [4.69, 9.17) is 9.15 Å². The standard InChI is InChI=1S/C15H18BrNO2/c1-10(17-9-13-3-2-6-18-13)15-8-11-7-12(16)4-5-14(11)19-15/h4-5,7-8,10,13,17H,2-3,6,9H2,1H3. The smallest absolute Gasteiger partial charge is 0.134 e. The molecule has 3 nitrogen and oxygen atoms in total. The van der Waals surface area contributed by atoms with Crippen molar-refractivity contribution in [3.8, 4) is 0 Å². The van der Waals surface area contributed by atoms with Gasteiger partial charge in [-0.1, -0.05) is 15.9 Å². The second-order valence-electron chi connectivity index (χ2n) is 5.10. The number of furan rings is 1. The molecule has 1 N–H and O–H groups in total. The highest BCUT2D eigenvalue weighted by atomic mass is 79.9. The number of halogens is 1. The molecule has 3 rings (SSSR count). The first-order chi connectivity index (χ1) is 9.22. The van der Waals surface area contributed by atoms with Gasteiger partial charge < -0.3 is 14.5 Å². The van der Waals surface area contributed by atoms with Crippen LogP contribution in [0.15, 0.2) is 33.2 Å². The highest BCUT2D eigenvalue weighted by molar-refractivity contribution is 9.10. The quantitative estimate of drug-likeness (QED) is 0.922. The summed E-state index contributed by atoms with van der Waals surface area (Å²) in [6.07, 6.45) is 2.70. The third kappa shape index (κ3) is 3.02. The van der Waals surface area contributed by atoms with E-state index >= 15 is 0 Å². The average molecular weight is 324 g/mol.